The summed E-state index contributed by atoms with van der Waals surface area (Å²) in [7, 11) is 1.35. The van der Waals surface area contributed by atoms with Gasteiger partial charge in [-0.25, -0.2) is 0 Å². The summed E-state index contributed by atoms with van der Waals surface area (Å²) in [5.41, 5.74) is 4.41. The Morgan fingerprint density at radius 2 is 1.91 bits per heavy atom. The number of carbonyl (C=O) groups excluding carboxylic acids is 1. The van der Waals surface area contributed by atoms with Crippen LogP contribution in [0.2, 0.25) is 0 Å². The lowest BCUT2D eigenvalue weighted by Crippen LogP contribution is -2.07. The second kappa shape index (κ2) is 5.72. The fraction of sp³-hybridized carbons (Fsp3) is 0.235. The first-order chi connectivity index (χ1) is 11.0. The number of rotatable bonds is 3. The summed E-state index contributed by atoms with van der Waals surface area (Å²) in [6.07, 6.45) is 0.129. The number of benzene rings is 2. The van der Waals surface area contributed by atoms with Crippen LogP contribution < -0.4 is 0 Å². The van der Waals surface area contributed by atoms with Gasteiger partial charge in [-0.2, -0.15) is 0 Å². The number of aryl methyl sites for hydroxylation is 2. The van der Waals surface area contributed by atoms with Crippen molar-refractivity contribution in [1.29, 1.82) is 0 Å². The van der Waals surface area contributed by atoms with Gasteiger partial charge in [0.2, 0.25) is 0 Å². The number of phenolic OH excluding ortho intramolecular Hbond substituents is 1. The van der Waals surface area contributed by atoms with Crippen LogP contribution in [0.5, 0.6) is 5.75 Å². The molecule has 118 valence electrons. The van der Waals surface area contributed by atoms with Crippen LogP contribution in [0.4, 0.5) is 0 Å². The van der Waals surface area contributed by atoms with Gasteiger partial charge < -0.3 is 9.84 Å². The normalized spacial score (nSPS) is 10.9. The summed E-state index contributed by atoms with van der Waals surface area (Å²) >= 11 is 0. The summed E-state index contributed by atoms with van der Waals surface area (Å²) in [6.45, 7) is 3.75. The van der Waals surface area contributed by atoms with E-state index in [1.165, 1.54) is 11.9 Å². The van der Waals surface area contributed by atoms with Gasteiger partial charge in [-0.05, 0) is 48.7 Å². The molecular weight excluding hydrogens is 294 g/mol. The molecular formula is C17H17N3O3. The zero-order valence-electron chi connectivity index (χ0n) is 13.2. The van der Waals surface area contributed by atoms with Gasteiger partial charge >= 0.3 is 5.97 Å². The van der Waals surface area contributed by atoms with Crippen molar-refractivity contribution in [3.8, 4) is 11.4 Å². The maximum atomic E-state index is 11.5. The number of methoxy groups -OCH3 is 1. The molecule has 2 aromatic carbocycles. The van der Waals surface area contributed by atoms with Crippen molar-refractivity contribution >= 4 is 17.0 Å². The first-order valence-corrected chi connectivity index (χ1v) is 7.21. The van der Waals surface area contributed by atoms with E-state index in [1.807, 2.05) is 25.1 Å². The Kier molecular flexibility index (Phi) is 3.73. The first kappa shape index (κ1) is 15.0. The summed E-state index contributed by atoms with van der Waals surface area (Å²) in [4.78, 5) is 12.9. The van der Waals surface area contributed by atoms with E-state index < -0.39 is 0 Å². The number of aromatic hydroxyl groups is 1. The van der Waals surface area contributed by atoms with E-state index in [2.05, 4.69) is 10.2 Å². The standard InChI is InChI=1S/C17H17N3O3/c1-10-4-5-13-14(6-10)19-20(18-13)15-8-12(9-16(21)23-3)7-11(2)17(15)22/h4-8,22H,9H2,1-3H3. The number of esters is 1. The predicted molar refractivity (Wildman–Crippen MR) is 85.7 cm³/mol. The van der Waals surface area contributed by atoms with Crippen molar-refractivity contribution in [2.75, 3.05) is 7.11 Å². The molecule has 0 unspecified atom stereocenters. The van der Waals surface area contributed by atoms with Crippen molar-refractivity contribution in [3.05, 3.63) is 47.0 Å². The van der Waals surface area contributed by atoms with Crippen LogP contribution in [0.25, 0.3) is 16.7 Å². The van der Waals surface area contributed by atoms with Gasteiger partial charge in [0.25, 0.3) is 0 Å². The average Bonchev–Trinajstić information content (AvgIpc) is 2.93. The fourth-order valence-corrected chi connectivity index (χ4v) is 2.46. The molecule has 0 aliphatic carbocycles. The molecule has 1 N–H and O–H groups in total. The maximum Gasteiger partial charge on any atom is 0.309 e. The minimum Gasteiger partial charge on any atom is -0.505 e. The maximum absolute atomic E-state index is 11.5. The number of hydrogen-bond donors (Lipinski definition) is 1. The number of fused-ring (bicyclic) bond motifs is 1. The van der Waals surface area contributed by atoms with Crippen LogP contribution in [0.3, 0.4) is 0 Å². The Morgan fingerprint density at radius 1 is 1.17 bits per heavy atom. The van der Waals surface area contributed by atoms with Crippen molar-refractivity contribution in [2.45, 2.75) is 20.3 Å². The highest BCUT2D eigenvalue weighted by atomic mass is 16.5. The van der Waals surface area contributed by atoms with Gasteiger partial charge in [-0.15, -0.1) is 15.0 Å². The molecule has 6 nitrogen and oxygen atoms in total. The number of carbonyl (C=O) groups is 1. The molecule has 0 atom stereocenters. The number of nitrogens with zero attached hydrogens (tertiary/aromatic N) is 3. The molecule has 23 heavy (non-hydrogen) atoms. The molecule has 6 heteroatoms. The monoisotopic (exact) mass is 311 g/mol. The molecule has 3 aromatic rings. The SMILES string of the molecule is COC(=O)Cc1cc(C)c(O)c(-n2nc3ccc(C)cc3n2)c1. The van der Waals surface area contributed by atoms with Gasteiger partial charge in [0.1, 0.15) is 22.5 Å². The van der Waals surface area contributed by atoms with Gasteiger partial charge in [0.15, 0.2) is 0 Å². The van der Waals surface area contributed by atoms with E-state index >= 15 is 0 Å². The van der Waals surface area contributed by atoms with Crippen molar-refractivity contribution < 1.29 is 14.6 Å². The Balaban J connectivity index is 2.11. The van der Waals surface area contributed by atoms with Gasteiger partial charge in [0, 0.05) is 0 Å². The Bertz CT molecular complexity index is 899. The minimum absolute atomic E-state index is 0.0932. The molecule has 0 saturated heterocycles. The molecule has 0 aliphatic rings. The molecule has 0 saturated carbocycles. The first-order valence-electron chi connectivity index (χ1n) is 7.21. The van der Waals surface area contributed by atoms with Crippen LogP contribution in [0, 0.1) is 13.8 Å². The lowest BCUT2D eigenvalue weighted by molar-refractivity contribution is -0.139. The van der Waals surface area contributed by atoms with E-state index in [0.29, 0.717) is 11.3 Å². The van der Waals surface area contributed by atoms with Crippen LogP contribution in [-0.2, 0) is 16.0 Å². The number of aromatic nitrogens is 3. The highest BCUT2D eigenvalue weighted by Crippen LogP contribution is 2.28. The van der Waals surface area contributed by atoms with Crippen LogP contribution in [0.15, 0.2) is 30.3 Å². The second-order valence-corrected chi connectivity index (χ2v) is 5.51. The summed E-state index contributed by atoms with van der Waals surface area (Å²) in [5.74, 6) is -0.245. The number of phenols is 1. The number of ether oxygens (including phenoxy) is 1. The largest absolute Gasteiger partial charge is 0.505 e. The third-order valence-corrected chi connectivity index (χ3v) is 3.67. The second-order valence-electron chi connectivity index (χ2n) is 5.51. The zero-order valence-corrected chi connectivity index (χ0v) is 13.2. The zero-order chi connectivity index (χ0) is 16.6. The van der Waals surface area contributed by atoms with Gasteiger partial charge in [0.05, 0.1) is 13.5 Å². The third kappa shape index (κ3) is 2.88. The molecule has 0 spiro atoms. The molecule has 0 fully saturated rings. The molecule has 0 radical (unpaired) electrons. The minimum atomic E-state index is -0.338. The Labute approximate surface area is 133 Å². The number of hydrogen-bond acceptors (Lipinski definition) is 5. The Morgan fingerprint density at radius 3 is 2.65 bits per heavy atom. The molecule has 3 rings (SSSR count). The average molecular weight is 311 g/mol. The predicted octanol–water partition coefficient (Wildman–Crippen LogP) is 2.46. The topological polar surface area (TPSA) is 77.2 Å². The molecule has 0 amide bonds. The van der Waals surface area contributed by atoms with Gasteiger partial charge in [-0.3, -0.25) is 4.79 Å². The quantitative estimate of drug-likeness (QED) is 0.752. The smallest absolute Gasteiger partial charge is 0.309 e. The van der Waals surface area contributed by atoms with E-state index in [1.54, 1.807) is 19.1 Å². The molecule has 0 bridgehead atoms. The van der Waals surface area contributed by atoms with Crippen molar-refractivity contribution in [1.82, 2.24) is 15.0 Å². The van der Waals surface area contributed by atoms with E-state index in [-0.39, 0.29) is 18.1 Å². The molecule has 1 heterocycles. The van der Waals surface area contributed by atoms with Crippen molar-refractivity contribution in [2.24, 2.45) is 0 Å². The lowest BCUT2D eigenvalue weighted by Gasteiger charge is -2.09. The van der Waals surface area contributed by atoms with Crippen LogP contribution in [0.1, 0.15) is 16.7 Å². The lowest BCUT2D eigenvalue weighted by atomic mass is 10.1. The van der Waals surface area contributed by atoms with E-state index in [0.717, 1.165) is 22.2 Å². The van der Waals surface area contributed by atoms with Crippen LogP contribution in [-0.4, -0.2) is 33.2 Å². The van der Waals surface area contributed by atoms with E-state index in [9.17, 15) is 9.90 Å². The summed E-state index contributed by atoms with van der Waals surface area (Å²) in [6, 6.07) is 9.23. The third-order valence-electron chi connectivity index (χ3n) is 3.67. The summed E-state index contributed by atoms with van der Waals surface area (Å²) in [5, 5.41) is 19.1. The Hall–Kier alpha value is -2.89. The summed E-state index contributed by atoms with van der Waals surface area (Å²) < 4.78 is 4.69. The fourth-order valence-electron chi connectivity index (χ4n) is 2.46. The van der Waals surface area contributed by atoms with Crippen LogP contribution >= 0.6 is 0 Å². The van der Waals surface area contributed by atoms with Crippen molar-refractivity contribution in [3.63, 3.8) is 0 Å². The molecule has 0 aliphatic heterocycles. The highest BCUT2D eigenvalue weighted by Gasteiger charge is 2.14. The van der Waals surface area contributed by atoms with Gasteiger partial charge in [-0.1, -0.05) is 12.1 Å². The highest BCUT2D eigenvalue weighted by molar-refractivity contribution is 5.75. The molecule has 1 aromatic heterocycles. The van der Waals surface area contributed by atoms with E-state index in [4.69, 9.17) is 4.74 Å².